The second-order valence-corrected chi connectivity index (χ2v) is 7.48. The zero-order valence-electron chi connectivity index (χ0n) is 14.8. The van der Waals surface area contributed by atoms with Gasteiger partial charge in [-0.15, -0.1) is 10.2 Å². The predicted octanol–water partition coefficient (Wildman–Crippen LogP) is 4.01. The molecule has 0 fully saturated rings. The maximum absolute atomic E-state index is 11.5. The van der Waals surface area contributed by atoms with Gasteiger partial charge in [-0.2, -0.15) is 0 Å². The first-order valence-corrected chi connectivity index (χ1v) is 9.32. The topological polar surface area (TPSA) is 80.4 Å². The number of aromatic nitrogens is 3. The molecule has 1 aromatic heterocycles. The highest BCUT2D eigenvalue weighted by Crippen LogP contribution is 2.33. The highest BCUT2D eigenvalue weighted by Gasteiger charge is 2.29. The van der Waals surface area contributed by atoms with Gasteiger partial charge in [0.2, 0.25) is 0 Å². The molecular formula is C20H17BrN4O2. The fraction of sp³-hybridized carbons (Fsp3) is 0.200. The van der Waals surface area contributed by atoms with Gasteiger partial charge in [0, 0.05) is 15.6 Å². The molecule has 0 saturated heterocycles. The molecule has 2 heterocycles. The lowest BCUT2D eigenvalue weighted by molar-refractivity contribution is -0.137. The van der Waals surface area contributed by atoms with E-state index in [0.717, 1.165) is 32.6 Å². The van der Waals surface area contributed by atoms with Crippen LogP contribution in [0.1, 0.15) is 40.8 Å². The van der Waals surface area contributed by atoms with Crippen LogP contribution in [0, 0.1) is 13.8 Å². The smallest absolute Gasteiger partial charge is 0.306 e. The summed E-state index contributed by atoms with van der Waals surface area (Å²) in [5, 5.41) is 17.8. The third kappa shape index (κ3) is 3.19. The lowest BCUT2D eigenvalue weighted by Gasteiger charge is -2.13. The molecular weight excluding hydrogens is 408 g/mol. The Labute approximate surface area is 164 Å². The summed E-state index contributed by atoms with van der Waals surface area (Å²) < 4.78 is 2.89. The Morgan fingerprint density at radius 2 is 1.89 bits per heavy atom. The van der Waals surface area contributed by atoms with Gasteiger partial charge in [-0.05, 0) is 38.1 Å². The van der Waals surface area contributed by atoms with E-state index in [1.807, 2.05) is 54.8 Å². The van der Waals surface area contributed by atoms with Crippen LogP contribution < -0.4 is 0 Å². The Balaban J connectivity index is 2.02. The zero-order valence-corrected chi connectivity index (χ0v) is 16.4. The van der Waals surface area contributed by atoms with E-state index >= 15 is 0 Å². The standard InChI is InChI=1S/C20H17BrN4O2/c1-11-3-8-17-15(9-11)19(13-4-6-14(21)7-5-13)22-16(10-18(26)27)20-24-23-12(2)25(17)20/h3-9,16H,10H2,1-2H3,(H,26,27)/t16-/m0/s1. The van der Waals surface area contributed by atoms with Gasteiger partial charge in [-0.3, -0.25) is 14.4 Å². The van der Waals surface area contributed by atoms with E-state index in [1.54, 1.807) is 0 Å². The zero-order chi connectivity index (χ0) is 19.1. The maximum atomic E-state index is 11.5. The molecule has 136 valence electrons. The largest absolute Gasteiger partial charge is 0.481 e. The number of aryl methyl sites for hydroxylation is 2. The van der Waals surface area contributed by atoms with Crippen molar-refractivity contribution < 1.29 is 9.90 Å². The summed E-state index contributed by atoms with van der Waals surface area (Å²) >= 11 is 3.46. The minimum absolute atomic E-state index is 0.148. The van der Waals surface area contributed by atoms with Crippen molar-refractivity contribution in [3.63, 3.8) is 0 Å². The molecule has 1 atom stereocenters. The fourth-order valence-corrected chi connectivity index (χ4v) is 3.61. The predicted molar refractivity (Wildman–Crippen MR) is 106 cm³/mol. The van der Waals surface area contributed by atoms with Crippen molar-refractivity contribution in [2.24, 2.45) is 4.99 Å². The van der Waals surface area contributed by atoms with Crippen molar-refractivity contribution >= 4 is 27.6 Å². The van der Waals surface area contributed by atoms with Gasteiger partial charge >= 0.3 is 5.97 Å². The molecule has 7 heteroatoms. The van der Waals surface area contributed by atoms with E-state index in [0.29, 0.717) is 11.6 Å². The number of rotatable bonds is 3. The Morgan fingerprint density at radius 3 is 2.59 bits per heavy atom. The molecule has 1 aliphatic rings. The molecule has 0 unspecified atom stereocenters. The number of benzene rings is 2. The summed E-state index contributed by atoms with van der Waals surface area (Å²) in [5.41, 5.74) is 4.64. The van der Waals surface area contributed by atoms with Gasteiger partial charge in [0.1, 0.15) is 11.9 Å². The van der Waals surface area contributed by atoms with Crippen LogP contribution in [-0.2, 0) is 4.79 Å². The second-order valence-electron chi connectivity index (χ2n) is 6.56. The molecule has 0 saturated carbocycles. The number of hydrogen-bond donors (Lipinski definition) is 1. The van der Waals surface area contributed by atoms with Crippen LogP contribution in [0.15, 0.2) is 51.9 Å². The molecule has 1 aliphatic heterocycles. The molecule has 1 N–H and O–H groups in total. The molecule has 0 aliphatic carbocycles. The van der Waals surface area contributed by atoms with E-state index in [1.165, 1.54) is 0 Å². The molecule has 0 spiro atoms. The number of hydrogen-bond acceptors (Lipinski definition) is 4. The Morgan fingerprint density at radius 1 is 1.15 bits per heavy atom. The van der Waals surface area contributed by atoms with Crippen LogP contribution in [0.4, 0.5) is 0 Å². The molecule has 4 rings (SSSR count). The first-order chi connectivity index (χ1) is 12.9. The summed E-state index contributed by atoms with van der Waals surface area (Å²) in [4.78, 5) is 16.3. The van der Waals surface area contributed by atoms with Gasteiger partial charge in [-0.1, -0.05) is 39.7 Å². The van der Waals surface area contributed by atoms with E-state index in [9.17, 15) is 9.90 Å². The number of aliphatic imine (C=N–C) groups is 1. The fourth-order valence-electron chi connectivity index (χ4n) is 3.35. The molecule has 0 radical (unpaired) electrons. The Bertz CT molecular complexity index is 1070. The molecule has 27 heavy (non-hydrogen) atoms. The molecule has 6 nitrogen and oxygen atoms in total. The van der Waals surface area contributed by atoms with Crippen LogP contribution in [0.3, 0.4) is 0 Å². The van der Waals surface area contributed by atoms with Gasteiger partial charge in [0.05, 0.1) is 17.8 Å². The van der Waals surface area contributed by atoms with Crippen LogP contribution in [0.5, 0.6) is 0 Å². The van der Waals surface area contributed by atoms with Crippen molar-refractivity contribution in [3.05, 3.63) is 75.3 Å². The minimum atomic E-state index is -0.923. The SMILES string of the molecule is Cc1ccc2c(c1)C(c1ccc(Br)cc1)=N[C@@H](CC(=O)O)c1nnc(C)n1-2. The Kier molecular flexibility index (Phi) is 4.39. The lowest BCUT2D eigenvalue weighted by Crippen LogP contribution is -2.10. The average Bonchev–Trinajstić information content (AvgIpc) is 2.94. The minimum Gasteiger partial charge on any atom is -0.481 e. The van der Waals surface area contributed by atoms with E-state index < -0.39 is 12.0 Å². The third-order valence-electron chi connectivity index (χ3n) is 4.57. The van der Waals surface area contributed by atoms with Crippen molar-refractivity contribution in [3.8, 4) is 5.69 Å². The summed E-state index contributed by atoms with van der Waals surface area (Å²) in [7, 11) is 0. The van der Waals surface area contributed by atoms with E-state index in [-0.39, 0.29) is 6.42 Å². The number of carbonyl (C=O) groups is 1. The highest BCUT2D eigenvalue weighted by molar-refractivity contribution is 9.10. The van der Waals surface area contributed by atoms with Crippen molar-refractivity contribution in [2.45, 2.75) is 26.3 Å². The Hall–Kier alpha value is -2.80. The molecule has 0 amide bonds. The van der Waals surface area contributed by atoms with Crippen LogP contribution >= 0.6 is 15.9 Å². The number of aliphatic carboxylic acids is 1. The van der Waals surface area contributed by atoms with Crippen molar-refractivity contribution in [1.29, 1.82) is 0 Å². The van der Waals surface area contributed by atoms with Gasteiger partial charge in [-0.25, -0.2) is 0 Å². The summed E-state index contributed by atoms with van der Waals surface area (Å²) in [5.74, 6) is 0.332. The second kappa shape index (κ2) is 6.74. The number of fused-ring (bicyclic) bond motifs is 3. The van der Waals surface area contributed by atoms with Crippen molar-refractivity contribution in [1.82, 2.24) is 14.8 Å². The van der Waals surface area contributed by atoms with Crippen LogP contribution in [0.2, 0.25) is 0 Å². The van der Waals surface area contributed by atoms with E-state index in [2.05, 4.69) is 32.2 Å². The lowest BCUT2D eigenvalue weighted by atomic mass is 9.98. The number of halogens is 1. The third-order valence-corrected chi connectivity index (χ3v) is 5.10. The summed E-state index contributed by atoms with van der Waals surface area (Å²) in [6.07, 6.45) is -0.148. The summed E-state index contributed by atoms with van der Waals surface area (Å²) in [6, 6.07) is 13.4. The molecule has 3 aromatic rings. The van der Waals surface area contributed by atoms with E-state index in [4.69, 9.17) is 4.99 Å². The van der Waals surface area contributed by atoms with Gasteiger partial charge in [0.25, 0.3) is 0 Å². The monoisotopic (exact) mass is 424 g/mol. The first kappa shape index (κ1) is 17.6. The van der Waals surface area contributed by atoms with Crippen LogP contribution in [-0.4, -0.2) is 31.6 Å². The average molecular weight is 425 g/mol. The number of carboxylic acid groups (broad SMARTS) is 1. The normalized spacial score (nSPS) is 15.5. The van der Waals surface area contributed by atoms with Gasteiger partial charge < -0.3 is 5.11 Å². The van der Waals surface area contributed by atoms with Crippen molar-refractivity contribution in [2.75, 3.05) is 0 Å². The molecule has 0 bridgehead atoms. The first-order valence-electron chi connectivity index (χ1n) is 8.53. The number of nitrogens with zero attached hydrogens (tertiary/aromatic N) is 4. The van der Waals surface area contributed by atoms with Crippen LogP contribution in [0.25, 0.3) is 5.69 Å². The molecule has 2 aromatic carbocycles. The van der Waals surface area contributed by atoms with Gasteiger partial charge in [0.15, 0.2) is 5.82 Å². The maximum Gasteiger partial charge on any atom is 0.306 e. The summed E-state index contributed by atoms with van der Waals surface area (Å²) in [6.45, 7) is 3.89. The highest BCUT2D eigenvalue weighted by atomic mass is 79.9. The number of carboxylic acids is 1. The quantitative estimate of drug-likeness (QED) is 0.688.